The minimum atomic E-state index is -0.749. The Morgan fingerprint density at radius 1 is 1.03 bits per heavy atom. The van der Waals surface area contributed by atoms with E-state index in [0.717, 1.165) is 27.6 Å². The lowest BCUT2D eigenvalue weighted by atomic mass is 10.0. The van der Waals surface area contributed by atoms with Crippen molar-refractivity contribution < 1.29 is 23.5 Å². The van der Waals surface area contributed by atoms with Crippen LogP contribution < -0.4 is 10.9 Å². The summed E-state index contributed by atoms with van der Waals surface area (Å²) >= 11 is 0. The maximum absolute atomic E-state index is 12.7. The third-order valence-corrected chi connectivity index (χ3v) is 5.48. The van der Waals surface area contributed by atoms with E-state index in [-0.39, 0.29) is 53.7 Å². The lowest BCUT2D eigenvalue weighted by Crippen LogP contribution is -2.24. The first-order valence-corrected chi connectivity index (χ1v) is 10.8. The molecule has 0 fully saturated rings. The molecule has 0 saturated heterocycles. The average molecular weight is 453 g/mol. The minimum Gasteiger partial charge on any atom is -0.462 e. The summed E-state index contributed by atoms with van der Waals surface area (Å²) in [5, 5.41) is 3.53. The van der Waals surface area contributed by atoms with Crippen LogP contribution in [0.25, 0.3) is 10.9 Å². The molecule has 0 aliphatic carbocycles. The van der Waals surface area contributed by atoms with Crippen molar-refractivity contribution in [2.45, 2.75) is 54.5 Å². The second-order valence-corrected chi connectivity index (χ2v) is 8.11. The fraction of sp³-hybridized carbons (Fsp3) is 0.360. The molecule has 2 aromatic heterocycles. The standard InChI is InChI=1S/C25H28N2O6/c1-7-32-25(31)22-21(16(5)28)17(6)33-24(22)26-19(29)8-9-27-20(30)12-14(3)18-11-13(2)10-15(4)23(18)27/h10-12H,7-9H2,1-6H3,(H,26,29). The van der Waals surface area contributed by atoms with Gasteiger partial charge >= 0.3 is 5.97 Å². The van der Waals surface area contributed by atoms with Gasteiger partial charge in [0.1, 0.15) is 11.3 Å². The maximum atomic E-state index is 12.7. The highest BCUT2D eigenvalue weighted by molar-refractivity contribution is 6.10. The zero-order valence-corrected chi connectivity index (χ0v) is 19.8. The molecule has 33 heavy (non-hydrogen) atoms. The molecule has 0 radical (unpaired) electrons. The van der Waals surface area contributed by atoms with Gasteiger partial charge in [0.2, 0.25) is 11.8 Å². The molecular weight excluding hydrogens is 424 g/mol. The Morgan fingerprint density at radius 3 is 2.36 bits per heavy atom. The van der Waals surface area contributed by atoms with Gasteiger partial charge < -0.3 is 13.7 Å². The number of aryl methyl sites for hydroxylation is 5. The SMILES string of the molecule is CCOC(=O)c1c(NC(=O)CCn2c(=O)cc(C)c3cc(C)cc(C)c32)oc(C)c1C(C)=O. The molecule has 0 atom stereocenters. The Hall–Kier alpha value is -3.68. The topological polar surface area (TPSA) is 108 Å². The molecule has 1 aromatic carbocycles. The normalized spacial score (nSPS) is 11.0. The van der Waals surface area contributed by atoms with Gasteiger partial charge in [-0.3, -0.25) is 19.7 Å². The van der Waals surface area contributed by atoms with E-state index >= 15 is 0 Å². The van der Waals surface area contributed by atoms with Crippen molar-refractivity contribution in [3.8, 4) is 0 Å². The number of hydrogen-bond acceptors (Lipinski definition) is 6. The highest BCUT2D eigenvalue weighted by atomic mass is 16.5. The number of carbonyl (C=O) groups excluding carboxylic acids is 3. The van der Waals surface area contributed by atoms with Crippen LogP contribution in [0.2, 0.25) is 0 Å². The van der Waals surface area contributed by atoms with Crippen molar-refractivity contribution in [2.24, 2.45) is 0 Å². The number of Topliss-reactive ketones (excluding diaryl/α,β-unsaturated/α-hetero) is 1. The minimum absolute atomic E-state index is 0.0389. The zero-order valence-electron chi connectivity index (χ0n) is 19.8. The Morgan fingerprint density at radius 2 is 1.73 bits per heavy atom. The summed E-state index contributed by atoms with van der Waals surface area (Å²) in [5.41, 5.74) is 3.49. The summed E-state index contributed by atoms with van der Waals surface area (Å²) in [6.45, 7) is 10.6. The summed E-state index contributed by atoms with van der Waals surface area (Å²) in [5.74, 6) is -1.50. The van der Waals surface area contributed by atoms with Gasteiger partial charge in [0, 0.05) is 24.4 Å². The van der Waals surface area contributed by atoms with Gasteiger partial charge in [-0.2, -0.15) is 0 Å². The molecular formula is C25H28N2O6. The number of ketones is 1. The largest absolute Gasteiger partial charge is 0.462 e. The third-order valence-electron chi connectivity index (χ3n) is 5.48. The summed E-state index contributed by atoms with van der Waals surface area (Å²) in [7, 11) is 0. The van der Waals surface area contributed by atoms with Crippen LogP contribution in [0.4, 0.5) is 5.88 Å². The van der Waals surface area contributed by atoms with Gasteiger partial charge in [0.05, 0.1) is 17.7 Å². The second-order valence-electron chi connectivity index (χ2n) is 8.11. The van der Waals surface area contributed by atoms with E-state index in [9.17, 15) is 19.2 Å². The first-order valence-electron chi connectivity index (χ1n) is 10.8. The molecule has 0 spiro atoms. The molecule has 1 amide bonds. The van der Waals surface area contributed by atoms with Crippen molar-refractivity contribution in [1.29, 1.82) is 0 Å². The second kappa shape index (κ2) is 9.44. The first kappa shape index (κ1) is 24.0. The molecule has 0 bridgehead atoms. The number of fused-ring (bicyclic) bond motifs is 1. The van der Waals surface area contributed by atoms with Crippen LogP contribution in [-0.4, -0.2) is 28.8 Å². The molecule has 8 nitrogen and oxygen atoms in total. The number of pyridine rings is 1. The van der Waals surface area contributed by atoms with E-state index in [1.807, 2.05) is 32.9 Å². The zero-order chi connectivity index (χ0) is 24.4. The van der Waals surface area contributed by atoms with E-state index < -0.39 is 11.9 Å². The van der Waals surface area contributed by atoms with E-state index in [1.54, 1.807) is 17.6 Å². The molecule has 2 heterocycles. The number of ether oxygens (including phenoxy) is 1. The maximum Gasteiger partial charge on any atom is 0.344 e. The van der Waals surface area contributed by atoms with Gasteiger partial charge in [-0.25, -0.2) is 4.79 Å². The number of nitrogens with zero attached hydrogens (tertiary/aromatic N) is 1. The van der Waals surface area contributed by atoms with Gasteiger partial charge in [0.25, 0.3) is 5.56 Å². The molecule has 3 aromatic rings. The number of furan rings is 1. The Balaban J connectivity index is 1.90. The highest BCUT2D eigenvalue weighted by Gasteiger charge is 2.28. The van der Waals surface area contributed by atoms with Crippen LogP contribution in [0.1, 0.15) is 63.4 Å². The van der Waals surface area contributed by atoms with E-state index in [2.05, 4.69) is 5.32 Å². The third kappa shape index (κ3) is 4.74. The number of hydrogen-bond donors (Lipinski definition) is 1. The number of benzene rings is 1. The van der Waals surface area contributed by atoms with Gasteiger partial charge in [-0.05, 0) is 58.7 Å². The van der Waals surface area contributed by atoms with Crippen molar-refractivity contribution in [3.63, 3.8) is 0 Å². The number of carbonyl (C=O) groups is 3. The first-order chi connectivity index (χ1) is 15.5. The highest BCUT2D eigenvalue weighted by Crippen LogP contribution is 2.29. The van der Waals surface area contributed by atoms with Crippen LogP contribution in [0.15, 0.2) is 27.4 Å². The van der Waals surface area contributed by atoms with Gasteiger partial charge in [-0.15, -0.1) is 0 Å². The molecule has 0 aliphatic heterocycles. The summed E-state index contributed by atoms with van der Waals surface area (Å²) < 4.78 is 12.1. The lowest BCUT2D eigenvalue weighted by Gasteiger charge is -2.15. The number of anilines is 1. The van der Waals surface area contributed by atoms with Crippen LogP contribution in [0, 0.1) is 27.7 Å². The van der Waals surface area contributed by atoms with Crippen LogP contribution in [-0.2, 0) is 16.1 Å². The summed E-state index contributed by atoms with van der Waals surface area (Å²) in [6.07, 6.45) is -0.0389. The Kier molecular flexibility index (Phi) is 6.86. The van der Waals surface area contributed by atoms with Crippen molar-refractivity contribution in [1.82, 2.24) is 4.57 Å². The van der Waals surface area contributed by atoms with Crippen LogP contribution >= 0.6 is 0 Å². The predicted molar refractivity (Wildman–Crippen MR) is 125 cm³/mol. The summed E-state index contributed by atoms with van der Waals surface area (Å²) in [6, 6.07) is 5.58. The van der Waals surface area contributed by atoms with E-state index in [4.69, 9.17) is 9.15 Å². The van der Waals surface area contributed by atoms with Crippen molar-refractivity contribution >= 4 is 34.4 Å². The van der Waals surface area contributed by atoms with E-state index in [1.165, 1.54) is 13.8 Å². The smallest absolute Gasteiger partial charge is 0.344 e. The lowest BCUT2D eigenvalue weighted by molar-refractivity contribution is -0.116. The molecule has 0 saturated carbocycles. The van der Waals surface area contributed by atoms with Crippen molar-refractivity contribution in [3.05, 3.63) is 62.1 Å². The monoisotopic (exact) mass is 452 g/mol. The molecule has 1 N–H and O–H groups in total. The number of amides is 1. The van der Waals surface area contributed by atoms with Gasteiger partial charge in [-0.1, -0.05) is 11.6 Å². The number of esters is 1. The Labute approximate surface area is 191 Å². The fourth-order valence-electron chi connectivity index (χ4n) is 4.15. The summed E-state index contributed by atoms with van der Waals surface area (Å²) in [4.78, 5) is 49.9. The predicted octanol–water partition coefficient (Wildman–Crippen LogP) is 4.24. The quantitative estimate of drug-likeness (QED) is 0.424. The molecule has 3 rings (SSSR count). The fourth-order valence-corrected chi connectivity index (χ4v) is 4.15. The van der Waals surface area contributed by atoms with Crippen LogP contribution in [0.3, 0.4) is 0 Å². The number of rotatable bonds is 7. The molecule has 0 unspecified atom stereocenters. The Bertz CT molecular complexity index is 1330. The van der Waals surface area contributed by atoms with Crippen LogP contribution in [0.5, 0.6) is 0 Å². The molecule has 0 aliphatic rings. The number of aromatic nitrogens is 1. The average Bonchev–Trinajstić information content (AvgIpc) is 3.04. The van der Waals surface area contributed by atoms with E-state index in [0.29, 0.717) is 0 Å². The molecule has 8 heteroatoms. The molecule has 174 valence electrons. The van der Waals surface area contributed by atoms with Gasteiger partial charge in [0.15, 0.2) is 5.78 Å². The number of nitrogens with one attached hydrogen (secondary N) is 1. The van der Waals surface area contributed by atoms with Crippen molar-refractivity contribution in [2.75, 3.05) is 11.9 Å².